The second kappa shape index (κ2) is 6.04. The lowest BCUT2D eigenvalue weighted by Crippen LogP contribution is -2.30. The molecule has 0 radical (unpaired) electrons. The zero-order valence-electron chi connectivity index (χ0n) is 10.9. The molecule has 0 bridgehead atoms. The van der Waals surface area contributed by atoms with Crippen LogP contribution in [0.15, 0.2) is 22.7 Å². The van der Waals surface area contributed by atoms with Crippen LogP contribution in [0.5, 0.6) is 5.75 Å². The molecule has 0 spiro atoms. The van der Waals surface area contributed by atoms with Crippen molar-refractivity contribution in [3.63, 3.8) is 0 Å². The molecule has 1 aromatic rings. The maximum atomic E-state index is 5.86. The smallest absolute Gasteiger partial charge is 0.133 e. The molecule has 3 N–H and O–H groups in total. The Morgan fingerprint density at radius 2 is 2.28 bits per heavy atom. The number of nitrogens with two attached hydrogens (primary N) is 1. The summed E-state index contributed by atoms with van der Waals surface area (Å²) in [5, 5.41) is 3.56. The maximum absolute atomic E-state index is 5.86. The Hall–Kier alpha value is -0.580. The largest absolute Gasteiger partial charge is 0.496 e. The highest BCUT2D eigenvalue weighted by atomic mass is 79.9. The van der Waals surface area contributed by atoms with Gasteiger partial charge in [0.05, 0.1) is 11.6 Å². The van der Waals surface area contributed by atoms with E-state index < -0.39 is 0 Å². The molecule has 4 heteroatoms. The fraction of sp³-hybridized carbons (Fsp3) is 0.571. The second-order valence-electron chi connectivity index (χ2n) is 5.06. The van der Waals surface area contributed by atoms with E-state index >= 15 is 0 Å². The van der Waals surface area contributed by atoms with Crippen LogP contribution in [0, 0.1) is 11.8 Å². The molecule has 1 aliphatic rings. The highest BCUT2D eigenvalue weighted by Gasteiger charge is 2.32. The summed E-state index contributed by atoms with van der Waals surface area (Å²) in [4.78, 5) is 0. The number of methoxy groups -OCH3 is 1. The Labute approximate surface area is 117 Å². The van der Waals surface area contributed by atoms with Crippen molar-refractivity contribution in [1.82, 2.24) is 5.32 Å². The van der Waals surface area contributed by atoms with Crippen molar-refractivity contribution < 1.29 is 4.74 Å². The van der Waals surface area contributed by atoms with Gasteiger partial charge in [-0.15, -0.1) is 0 Å². The molecule has 1 fully saturated rings. The third-order valence-corrected chi connectivity index (χ3v) is 4.34. The number of ether oxygens (including phenoxy) is 1. The van der Waals surface area contributed by atoms with Crippen LogP contribution < -0.4 is 15.8 Å². The van der Waals surface area contributed by atoms with Crippen molar-refractivity contribution >= 4 is 15.9 Å². The van der Waals surface area contributed by atoms with Gasteiger partial charge in [0.2, 0.25) is 0 Å². The van der Waals surface area contributed by atoms with Gasteiger partial charge in [-0.05, 0) is 58.4 Å². The van der Waals surface area contributed by atoms with Gasteiger partial charge in [-0.25, -0.2) is 0 Å². The van der Waals surface area contributed by atoms with Gasteiger partial charge in [0.15, 0.2) is 0 Å². The van der Waals surface area contributed by atoms with E-state index in [-0.39, 0.29) is 6.04 Å². The first-order valence-electron chi connectivity index (χ1n) is 6.42. The Morgan fingerprint density at radius 1 is 1.56 bits per heavy atom. The molecule has 1 aromatic carbocycles. The number of nitrogens with one attached hydrogen (secondary N) is 1. The highest BCUT2D eigenvalue weighted by molar-refractivity contribution is 9.10. The van der Waals surface area contributed by atoms with Crippen molar-refractivity contribution in [3.05, 3.63) is 28.2 Å². The quantitative estimate of drug-likeness (QED) is 0.849. The molecule has 100 valence electrons. The number of hydrogen-bond donors (Lipinski definition) is 2. The SMILES string of the molecule is COc1ccc(C(CN)NCC2CC2C)cc1Br. The molecule has 18 heavy (non-hydrogen) atoms. The Morgan fingerprint density at radius 3 is 2.78 bits per heavy atom. The third kappa shape index (κ3) is 3.25. The molecule has 3 nitrogen and oxygen atoms in total. The first kappa shape index (κ1) is 13.8. The lowest BCUT2D eigenvalue weighted by atomic mass is 10.1. The first-order chi connectivity index (χ1) is 8.65. The molecule has 2 rings (SSSR count). The van der Waals surface area contributed by atoms with Gasteiger partial charge < -0.3 is 15.8 Å². The van der Waals surface area contributed by atoms with Crippen LogP contribution in [0.1, 0.15) is 24.9 Å². The monoisotopic (exact) mass is 312 g/mol. The van der Waals surface area contributed by atoms with Crippen molar-refractivity contribution in [2.45, 2.75) is 19.4 Å². The minimum Gasteiger partial charge on any atom is -0.496 e. The normalized spacial score (nSPS) is 23.8. The minimum atomic E-state index is 0.222. The summed E-state index contributed by atoms with van der Waals surface area (Å²) in [6.07, 6.45) is 1.34. The summed E-state index contributed by atoms with van der Waals surface area (Å²) in [6, 6.07) is 6.35. The van der Waals surface area contributed by atoms with E-state index in [1.807, 2.05) is 6.07 Å². The van der Waals surface area contributed by atoms with Crippen LogP contribution in [-0.2, 0) is 0 Å². The molecule has 1 saturated carbocycles. The Balaban J connectivity index is 2.00. The molecule has 3 unspecified atom stereocenters. The van der Waals surface area contributed by atoms with E-state index in [0.717, 1.165) is 28.6 Å². The Bertz CT molecular complexity index is 411. The molecule has 0 amide bonds. The standard InChI is InChI=1S/C14H21BrN2O/c1-9-5-11(9)8-17-13(7-16)10-3-4-14(18-2)12(15)6-10/h3-4,6,9,11,13,17H,5,7-8,16H2,1-2H3. The minimum absolute atomic E-state index is 0.222. The summed E-state index contributed by atoms with van der Waals surface area (Å²) >= 11 is 3.51. The van der Waals surface area contributed by atoms with Crippen LogP contribution in [-0.4, -0.2) is 20.2 Å². The summed E-state index contributed by atoms with van der Waals surface area (Å²) < 4.78 is 6.21. The zero-order chi connectivity index (χ0) is 13.1. The molecular weight excluding hydrogens is 292 g/mol. The average molecular weight is 313 g/mol. The van der Waals surface area contributed by atoms with Crippen LogP contribution in [0.2, 0.25) is 0 Å². The zero-order valence-corrected chi connectivity index (χ0v) is 12.5. The van der Waals surface area contributed by atoms with E-state index in [1.165, 1.54) is 12.0 Å². The maximum Gasteiger partial charge on any atom is 0.133 e. The van der Waals surface area contributed by atoms with Crippen LogP contribution in [0.25, 0.3) is 0 Å². The third-order valence-electron chi connectivity index (χ3n) is 3.72. The topological polar surface area (TPSA) is 47.3 Å². The van der Waals surface area contributed by atoms with Gasteiger partial charge in [0.1, 0.15) is 5.75 Å². The number of rotatable bonds is 6. The molecule has 0 aromatic heterocycles. The fourth-order valence-corrected chi connectivity index (χ4v) is 2.77. The predicted molar refractivity (Wildman–Crippen MR) is 77.8 cm³/mol. The van der Waals surface area contributed by atoms with Crippen LogP contribution in [0.3, 0.4) is 0 Å². The highest BCUT2D eigenvalue weighted by Crippen LogP contribution is 2.37. The lowest BCUT2D eigenvalue weighted by Gasteiger charge is -2.18. The van der Waals surface area contributed by atoms with Crippen molar-refractivity contribution in [2.75, 3.05) is 20.2 Å². The molecule has 0 aliphatic heterocycles. The van der Waals surface area contributed by atoms with Gasteiger partial charge in [0.25, 0.3) is 0 Å². The van der Waals surface area contributed by atoms with Gasteiger partial charge >= 0.3 is 0 Å². The van der Waals surface area contributed by atoms with Gasteiger partial charge in [-0.1, -0.05) is 13.0 Å². The van der Waals surface area contributed by atoms with Crippen LogP contribution in [0.4, 0.5) is 0 Å². The van der Waals surface area contributed by atoms with Gasteiger partial charge in [0, 0.05) is 12.6 Å². The van der Waals surface area contributed by atoms with Crippen molar-refractivity contribution in [1.29, 1.82) is 0 Å². The molecular formula is C14H21BrN2O. The number of benzene rings is 1. The predicted octanol–water partition coefficient (Wildman–Crippen LogP) is 2.70. The van der Waals surface area contributed by atoms with Crippen molar-refractivity contribution in [2.24, 2.45) is 17.6 Å². The van der Waals surface area contributed by atoms with Gasteiger partial charge in [-0.3, -0.25) is 0 Å². The van der Waals surface area contributed by atoms with Gasteiger partial charge in [-0.2, -0.15) is 0 Å². The number of halogens is 1. The molecule has 0 saturated heterocycles. The number of hydrogen-bond acceptors (Lipinski definition) is 3. The van der Waals surface area contributed by atoms with E-state index in [4.69, 9.17) is 10.5 Å². The summed E-state index contributed by atoms with van der Waals surface area (Å²) in [5.41, 5.74) is 7.06. The summed E-state index contributed by atoms with van der Waals surface area (Å²) in [6.45, 7) is 3.97. The van der Waals surface area contributed by atoms with E-state index in [9.17, 15) is 0 Å². The molecule has 3 atom stereocenters. The van der Waals surface area contributed by atoms with Crippen LogP contribution >= 0.6 is 15.9 Å². The second-order valence-corrected chi connectivity index (χ2v) is 5.92. The van der Waals surface area contributed by atoms with E-state index in [1.54, 1.807) is 7.11 Å². The Kier molecular flexibility index (Phi) is 4.65. The van der Waals surface area contributed by atoms with E-state index in [2.05, 4.69) is 40.3 Å². The summed E-state index contributed by atoms with van der Waals surface area (Å²) in [7, 11) is 1.67. The summed E-state index contributed by atoms with van der Waals surface area (Å²) in [5.74, 6) is 2.56. The molecule has 0 heterocycles. The van der Waals surface area contributed by atoms with E-state index in [0.29, 0.717) is 6.54 Å². The lowest BCUT2D eigenvalue weighted by molar-refractivity contribution is 0.411. The average Bonchev–Trinajstić information content (AvgIpc) is 3.06. The first-order valence-corrected chi connectivity index (χ1v) is 7.22. The molecule has 1 aliphatic carbocycles. The fourth-order valence-electron chi connectivity index (χ4n) is 2.21. The van der Waals surface area contributed by atoms with Crippen molar-refractivity contribution in [3.8, 4) is 5.75 Å².